The lowest BCUT2D eigenvalue weighted by Gasteiger charge is -2.07. The zero-order valence-electron chi connectivity index (χ0n) is 13.0. The van der Waals surface area contributed by atoms with Gasteiger partial charge in [0, 0.05) is 10.1 Å². The van der Waals surface area contributed by atoms with E-state index in [-0.39, 0.29) is 10.6 Å². The number of ether oxygens (including phenoxy) is 2. The van der Waals surface area contributed by atoms with Gasteiger partial charge < -0.3 is 14.6 Å². The van der Waals surface area contributed by atoms with Crippen molar-refractivity contribution in [1.82, 2.24) is 0 Å². The molecule has 0 aliphatic heterocycles. The average Bonchev–Trinajstić information content (AvgIpc) is 2.61. The van der Waals surface area contributed by atoms with E-state index >= 15 is 0 Å². The van der Waals surface area contributed by atoms with E-state index in [0.717, 1.165) is 28.2 Å². The number of carbonyl (C=O) groups excluding carboxylic acids is 1. The van der Waals surface area contributed by atoms with Gasteiger partial charge in [0.05, 0.1) is 14.2 Å². The Hall–Kier alpha value is -2.86. The van der Waals surface area contributed by atoms with E-state index in [2.05, 4.69) is 4.74 Å². The number of aromatic hydroxyl groups is 1. The molecule has 0 amide bonds. The highest BCUT2D eigenvalue weighted by Gasteiger charge is 2.20. The van der Waals surface area contributed by atoms with Gasteiger partial charge in [-0.3, -0.25) is 4.79 Å². The van der Waals surface area contributed by atoms with Crippen LogP contribution < -0.4 is 10.2 Å². The van der Waals surface area contributed by atoms with Crippen LogP contribution in [0.3, 0.4) is 0 Å². The molecule has 6 heteroatoms. The summed E-state index contributed by atoms with van der Waals surface area (Å²) in [5, 5.41) is 10.1. The monoisotopic (exact) mass is 342 g/mol. The fraction of sp³-hybridized carbons (Fsp3) is 0.111. The summed E-state index contributed by atoms with van der Waals surface area (Å²) in [7, 11) is 2.77. The minimum atomic E-state index is -0.838. The van der Waals surface area contributed by atoms with Crippen LogP contribution in [0.1, 0.15) is 10.4 Å². The standard InChI is InChI=1S/C18H14O5S/c1-22-12-6-3-10(4-7-12)11-5-8-13-14(9-11)24-18(21)15(16(13)19)17(20)23-2/h3-9,21H,1-2H3. The minimum Gasteiger partial charge on any atom is -0.499 e. The molecule has 0 aliphatic rings. The zero-order chi connectivity index (χ0) is 17.3. The second-order valence-corrected chi connectivity index (χ2v) is 6.07. The van der Waals surface area contributed by atoms with Gasteiger partial charge in [0.2, 0.25) is 5.43 Å². The number of esters is 1. The van der Waals surface area contributed by atoms with Crippen molar-refractivity contribution in [2.24, 2.45) is 0 Å². The molecule has 2 aromatic carbocycles. The summed E-state index contributed by atoms with van der Waals surface area (Å²) in [6.45, 7) is 0. The van der Waals surface area contributed by atoms with Gasteiger partial charge in [-0.15, -0.1) is 0 Å². The van der Waals surface area contributed by atoms with Gasteiger partial charge in [-0.05, 0) is 35.4 Å². The molecule has 24 heavy (non-hydrogen) atoms. The van der Waals surface area contributed by atoms with Gasteiger partial charge in [-0.2, -0.15) is 0 Å². The second kappa shape index (κ2) is 6.33. The third kappa shape index (κ3) is 2.72. The van der Waals surface area contributed by atoms with Crippen LogP contribution in [-0.2, 0) is 4.74 Å². The molecule has 0 aliphatic carbocycles. The first-order chi connectivity index (χ1) is 11.5. The van der Waals surface area contributed by atoms with Crippen LogP contribution in [0.4, 0.5) is 0 Å². The quantitative estimate of drug-likeness (QED) is 0.738. The predicted octanol–water partition coefficient (Wildman–Crippen LogP) is 3.43. The molecule has 1 N–H and O–H groups in total. The Kier molecular flexibility index (Phi) is 4.22. The normalized spacial score (nSPS) is 10.6. The van der Waals surface area contributed by atoms with Crippen LogP contribution in [-0.4, -0.2) is 25.3 Å². The number of fused-ring (bicyclic) bond motifs is 1. The SMILES string of the molecule is COC(=O)c1c(O)sc2cc(-c3ccc(OC)cc3)ccc2c1=O. The highest BCUT2D eigenvalue weighted by atomic mass is 32.1. The van der Waals surface area contributed by atoms with Crippen molar-refractivity contribution in [3.63, 3.8) is 0 Å². The van der Waals surface area contributed by atoms with Crippen molar-refractivity contribution in [2.75, 3.05) is 14.2 Å². The molecule has 1 heterocycles. The molecule has 0 bridgehead atoms. The van der Waals surface area contributed by atoms with Crippen LogP contribution in [0.15, 0.2) is 47.3 Å². The summed E-state index contributed by atoms with van der Waals surface area (Å²) in [6, 6.07) is 12.8. The summed E-state index contributed by atoms with van der Waals surface area (Å²) in [5.41, 5.74) is 0.987. The summed E-state index contributed by atoms with van der Waals surface area (Å²) in [6.07, 6.45) is 0. The molecule has 0 saturated heterocycles. The molecule has 3 rings (SSSR count). The van der Waals surface area contributed by atoms with Gasteiger partial charge in [0.1, 0.15) is 5.75 Å². The Labute approximate surface area is 141 Å². The van der Waals surface area contributed by atoms with E-state index in [0.29, 0.717) is 10.1 Å². The Bertz CT molecular complexity index is 973. The molecule has 0 radical (unpaired) electrons. The van der Waals surface area contributed by atoms with Crippen LogP contribution >= 0.6 is 11.3 Å². The maximum Gasteiger partial charge on any atom is 0.346 e. The minimum absolute atomic E-state index is 0.327. The van der Waals surface area contributed by atoms with E-state index in [1.165, 1.54) is 7.11 Å². The first kappa shape index (κ1) is 16.0. The van der Waals surface area contributed by atoms with E-state index in [4.69, 9.17) is 4.74 Å². The highest BCUT2D eigenvalue weighted by molar-refractivity contribution is 7.20. The largest absolute Gasteiger partial charge is 0.499 e. The number of benzene rings is 2. The van der Waals surface area contributed by atoms with Crippen LogP contribution in [0.2, 0.25) is 0 Å². The summed E-state index contributed by atoms with van der Waals surface area (Å²) >= 11 is 0.973. The van der Waals surface area contributed by atoms with Gasteiger partial charge in [-0.1, -0.05) is 29.5 Å². The van der Waals surface area contributed by atoms with Gasteiger partial charge in [0.15, 0.2) is 10.6 Å². The Morgan fingerprint density at radius 1 is 1.04 bits per heavy atom. The molecular formula is C18H14O5S. The molecule has 0 saturated carbocycles. The number of methoxy groups -OCH3 is 2. The molecule has 0 atom stereocenters. The van der Waals surface area contributed by atoms with Crippen molar-refractivity contribution >= 4 is 27.4 Å². The van der Waals surface area contributed by atoms with E-state index < -0.39 is 11.4 Å². The number of carbonyl (C=O) groups is 1. The van der Waals surface area contributed by atoms with Crippen molar-refractivity contribution in [3.8, 4) is 21.9 Å². The van der Waals surface area contributed by atoms with Gasteiger partial charge in [-0.25, -0.2) is 4.79 Å². The van der Waals surface area contributed by atoms with Crippen molar-refractivity contribution in [2.45, 2.75) is 0 Å². The maximum absolute atomic E-state index is 12.4. The number of hydrogen-bond donors (Lipinski definition) is 1. The van der Waals surface area contributed by atoms with E-state index in [1.807, 2.05) is 30.3 Å². The number of rotatable bonds is 3. The number of hydrogen-bond acceptors (Lipinski definition) is 6. The molecule has 5 nitrogen and oxygen atoms in total. The van der Waals surface area contributed by atoms with Crippen molar-refractivity contribution in [1.29, 1.82) is 0 Å². The van der Waals surface area contributed by atoms with Crippen LogP contribution in [0, 0.1) is 0 Å². The first-order valence-corrected chi connectivity index (χ1v) is 7.89. The average molecular weight is 342 g/mol. The second-order valence-electron chi connectivity index (χ2n) is 5.04. The smallest absolute Gasteiger partial charge is 0.346 e. The highest BCUT2D eigenvalue weighted by Crippen LogP contribution is 2.32. The zero-order valence-corrected chi connectivity index (χ0v) is 13.8. The fourth-order valence-electron chi connectivity index (χ4n) is 2.43. The lowest BCUT2D eigenvalue weighted by Crippen LogP contribution is -2.15. The van der Waals surface area contributed by atoms with E-state index in [1.54, 1.807) is 19.2 Å². The summed E-state index contributed by atoms with van der Waals surface area (Å²) < 4.78 is 10.3. The third-order valence-corrected chi connectivity index (χ3v) is 4.64. The molecule has 3 aromatic rings. The third-order valence-electron chi connectivity index (χ3n) is 3.69. The van der Waals surface area contributed by atoms with Gasteiger partial charge >= 0.3 is 5.97 Å². The van der Waals surface area contributed by atoms with Crippen molar-refractivity contribution < 1.29 is 19.4 Å². The molecule has 0 spiro atoms. The molecule has 0 unspecified atom stereocenters. The lowest BCUT2D eigenvalue weighted by molar-refractivity contribution is 0.0597. The maximum atomic E-state index is 12.4. The fourth-order valence-corrected chi connectivity index (χ4v) is 3.37. The Morgan fingerprint density at radius 2 is 1.71 bits per heavy atom. The Morgan fingerprint density at radius 3 is 2.33 bits per heavy atom. The van der Waals surface area contributed by atoms with E-state index in [9.17, 15) is 14.7 Å². The Balaban J connectivity index is 2.15. The van der Waals surface area contributed by atoms with Crippen molar-refractivity contribution in [3.05, 3.63) is 58.3 Å². The topological polar surface area (TPSA) is 72.8 Å². The van der Waals surface area contributed by atoms with Gasteiger partial charge in [0.25, 0.3) is 0 Å². The van der Waals surface area contributed by atoms with Crippen LogP contribution in [0.5, 0.6) is 10.8 Å². The lowest BCUT2D eigenvalue weighted by atomic mass is 10.0. The molecular weight excluding hydrogens is 328 g/mol. The molecule has 122 valence electrons. The molecule has 0 fully saturated rings. The summed E-state index contributed by atoms with van der Waals surface area (Å²) in [4.78, 5) is 24.1. The van der Waals surface area contributed by atoms with Crippen LogP contribution in [0.25, 0.3) is 21.2 Å². The molecule has 1 aromatic heterocycles. The predicted molar refractivity (Wildman–Crippen MR) is 93.1 cm³/mol. The summed E-state index contributed by atoms with van der Waals surface area (Å²) in [5.74, 6) is -0.0839. The first-order valence-electron chi connectivity index (χ1n) is 7.07.